The van der Waals surface area contributed by atoms with Gasteiger partial charge in [-0.2, -0.15) is 0 Å². The Labute approximate surface area is 109 Å². The summed E-state index contributed by atoms with van der Waals surface area (Å²) in [6, 6.07) is 9.07. The zero-order valence-corrected chi connectivity index (χ0v) is 11.9. The van der Waals surface area contributed by atoms with E-state index in [9.17, 15) is 0 Å². The van der Waals surface area contributed by atoms with Crippen molar-refractivity contribution in [2.24, 2.45) is 5.92 Å². The molecule has 3 N–H and O–H groups in total. The minimum absolute atomic E-state index is 0.0313. The summed E-state index contributed by atoms with van der Waals surface area (Å²) < 4.78 is 5.18. The number of anilines is 1. The topological polar surface area (TPSA) is 38.0 Å². The molecule has 1 aromatic carbocycles. The zero-order chi connectivity index (χ0) is 11.4. The number of halogens is 1. The number of nitrogen functional groups attached to an aromatic ring is 1. The molecular formula is C13H20IN2-. The van der Waals surface area contributed by atoms with E-state index in [-0.39, 0.29) is 21.5 Å². The van der Waals surface area contributed by atoms with Gasteiger partial charge in [-0.15, -0.1) is 0 Å². The molecule has 3 heteroatoms. The van der Waals surface area contributed by atoms with Crippen molar-refractivity contribution in [3.05, 3.63) is 27.8 Å². The van der Waals surface area contributed by atoms with E-state index < -0.39 is 0 Å². The molecule has 0 bridgehead atoms. The molecule has 1 aromatic rings. The first-order valence-electron chi connectivity index (χ1n) is 5.99. The van der Waals surface area contributed by atoms with Gasteiger partial charge in [-0.05, 0) is 0 Å². The summed E-state index contributed by atoms with van der Waals surface area (Å²) in [5, 5.41) is 0. The van der Waals surface area contributed by atoms with Crippen molar-refractivity contribution < 1.29 is 21.5 Å². The van der Waals surface area contributed by atoms with E-state index in [1.54, 1.807) is 0 Å². The van der Waals surface area contributed by atoms with Crippen LogP contribution in [0.5, 0.6) is 0 Å². The second-order valence-corrected chi connectivity index (χ2v) is 7.12. The van der Waals surface area contributed by atoms with Crippen LogP contribution in [-0.4, -0.2) is 6.04 Å². The average molecular weight is 331 g/mol. The van der Waals surface area contributed by atoms with E-state index >= 15 is 0 Å². The van der Waals surface area contributed by atoms with E-state index in [1.165, 1.54) is 29.3 Å². The Morgan fingerprint density at radius 3 is 2.38 bits per heavy atom. The van der Waals surface area contributed by atoms with Crippen molar-refractivity contribution in [3.63, 3.8) is 0 Å². The molecule has 1 aliphatic carbocycles. The molecule has 1 aliphatic rings. The van der Waals surface area contributed by atoms with Gasteiger partial charge in [-0.1, -0.05) is 0 Å². The molecule has 0 heterocycles. The van der Waals surface area contributed by atoms with Crippen LogP contribution >= 0.6 is 0 Å². The third-order valence-corrected chi connectivity index (χ3v) is 5.74. The van der Waals surface area contributed by atoms with Crippen LogP contribution in [-0.2, 0) is 0 Å². The van der Waals surface area contributed by atoms with Gasteiger partial charge in [0.2, 0.25) is 0 Å². The first-order chi connectivity index (χ1) is 7.74. The fourth-order valence-electron chi connectivity index (χ4n) is 2.04. The van der Waals surface area contributed by atoms with Crippen molar-refractivity contribution in [2.75, 3.05) is 5.73 Å². The first kappa shape index (κ1) is 12.2. The minimum atomic E-state index is -0.0313. The van der Waals surface area contributed by atoms with Crippen LogP contribution < -0.4 is 30.7 Å². The van der Waals surface area contributed by atoms with E-state index in [2.05, 4.69) is 22.6 Å². The molecule has 1 saturated carbocycles. The van der Waals surface area contributed by atoms with Crippen molar-refractivity contribution >= 4 is 5.69 Å². The third-order valence-electron chi connectivity index (χ3n) is 3.20. The molecule has 0 spiro atoms. The number of rotatable bonds is 3. The molecule has 0 unspecified atom stereocenters. The van der Waals surface area contributed by atoms with E-state index in [0.29, 0.717) is 0 Å². The summed E-state index contributed by atoms with van der Waals surface area (Å²) in [5.41, 5.74) is 6.53. The molecule has 0 radical (unpaired) electrons. The summed E-state index contributed by atoms with van der Waals surface area (Å²) >= 11 is -0.0313. The maximum absolute atomic E-state index is 5.67. The molecule has 90 valence electrons. The van der Waals surface area contributed by atoms with Gasteiger partial charge < -0.3 is 0 Å². The fourth-order valence-corrected chi connectivity index (χ4v) is 4.18. The molecule has 0 aliphatic heterocycles. The predicted octanol–water partition coefficient (Wildman–Crippen LogP) is -0.389. The van der Waals surface area contributed by atoms with Crippen LogP contribution in [0.1, 0.15) is 32.6 Å². The van der Waals surface area contributed by atoms with Gasteiger partial charge in [0.1, 0.15) is 0 Å². The van der Waals surface area contributed by atoms with Crippen LogP contribution in [0.2, 0.25) is 0 Å². The molecule has 1 fully saturated rings. The first-order valence-corrected chi connectivity index (χ1v) is 8.14. The Bertz CT molecular complexity index is 315. The number of benzene rings is 1. The molecule has 0 amide bonds. The average Bonchev–Trinajstić information content (AvgIpc) is 2.30. The second-order valence-electron chi connectivity index (χ2n) is 4.71. The quantitative estimate of drug-likeness (QED) is 0.450. The third kappa shape index (κ3) is 3.63. The normalized spacial score (nSPS) is 25.8. The van der Waals surface area contributed by atoms with Gasteiger partial charge in [0.15, 0.2) is 0 Å². The summed E-state index contributed by atoms with van der Waals surface area (Å²) in [6.45, 7) is 2.37. The van der Waals surface area contributed by atoms with Crippen molar-refractivity contribution in [1.29, 1.82) is 0 Å². The molecule has 0 aromatic heterocycles. The van der Waals surface area contributed by atoms with Crippen LogP contribution in [0, 0.1) is 9.49 Å². The van der Waals surface area contributed by atoms with Gasteiger partial charge in [0, 0.05) is 0 Å². The van der Waals surface area contributed by atoms with Crippen molar-refractivity contribution in [1.82, 2.24) is 3.53 Å². The molecule has 0 saturated heterocycles. The molecule has 0 atom stereocenters. The van der Waals surface area contributed by atoms with Crippen molar-refractivity contribution in [2.45, 2.75) is 38.6 Å². The van der Waals surface area contributed by atoms with Crippen LogP contribution in [0.25, 0.3) is 0 Å². The summed E-state index contributed by atoms with van der Waals surface area (Å²) in [7, 11) is 0. The van der Waals surface area contributed by atoms with Gasteiger partial charge in [0.25, 0.3) is 0 Å². The number of nitrogens with one attached hydrogen (secondary N) is 1. The van der Waals surface area contributed by atoms with E-state index in [4.69, 9.17) is 5.73 Å². The predicted molar refractivity (Wildman–Crippen MR) is 64.1 cm³/mol. The molecule has 2 rings (SSSR count). The SMILES string of the molecule is CC1CCC(N[I-]c2ccc(N)cc2)CC1. The number of hydrogen-bond donors (Lipinski definition) is 2. The molecule has 2 nitrogen and oxygen atoms in total. The Balaban J connectivity index is 1.77. The molecular weight excluding hydrogens is 311 g/mol. The summed E-state index contributed by atoms with van der Waals surface area (Å²) in [6.07, 6.45) is 5.50. The maximum atomic E-state index is 5.67. The Morgan fingerprint density at radius 1 is 1.12 bits per heavy atom. The number of nitrogens with two attached hydrogens (primary N) is 1. The fraction of sp³-hybridized carbons (Fsp3) is 0.538. The Hall–Kier alpha value is -0.290. The van der Waals surface area contributed by atoms with Gasteiger partial charge in [0.05, 0.1) is 0 Å². The zero-order valence-electron chi connectivity index (χ0n) is 9.75. The molecule has 16 heavy (non-hydrogen) atoms. The van der Waals surface area contributed by atoms with Crippen LogP contribution in [0.4, 0.5) is 5.69 Å². The summed E-state index contributed by atoms with van der Waals surface area (Å²) in [5.74, 6) is 0.938. The van der Waals surface area contributed by atoms with Crippen LogP contribution in [0.15, 0.2) is 24.3 Å². The van der Waals surface area contributed by atoms with E-state index in [1.807, 2.05) is 12.1 Å². The van der Waals surface area contributed by atoms with Crippen molar-refractivity contribution in [3.8, 4) is 0 Å². The standard InChI is InChI=1S/C13H20IN2/c1-10-2-8-13(9-3-10)16-14-11-4-6-12(15)7-5-11/h4-7,10,13,16H,2-3,8-9,15H2,1H3/q-1. The summed E-state index contributed by atoms with van der Waals surface area (Å²) in [4.78, 5) is 0. The number of hydrogen-bond acceptors (Lipinski definition) is 2. The van der Waals surface area contributed by atoms with Crippen LogP contribution in [0.3, 0.4) is 0 Å². The van der Waals surface area contributed by atoms with Gasteiger partial charge in [-0.25, -0.2) is 0 Å². The van der Waals surface area contributed by atoms with Gasteiger partial charge in [-0.3, -0.25) is 0 Å². The second kappa shape index (κ2) is 5.87. The monoisotopic (exact) mass is 331 g/mol. The van der Waals surface area contributed by atoms with E-state index in [0.717, 1.165) is 17.6 Å². The Morgan fingerprint density at radius 2 is 1.75 bits per heavy atom. The Kier molecular flexibility index (Phi) is 4.46. The van der Waals surface area contributed by atoms with Gasteiger partial charge >= 0.3 is 109 Å².